The lowest BCUT2D eigenvalue weighted by Crippen LogP contribution is -2.45. The van der Waals surface area contributed by atoms with Crippen LogP contribution >= 0.6 is 34.7 Å². The average Bonchev–Trinajstić information content (AvgIpc) is 3.06. The number of esters is 1. The summed E-state index contributed by atoms with van der Waals surface area (Å²) in [5.74, 6) is -0.942. The lowest BCUT2D eigenvalue weighted by Gasteiger charge is -2.27. The summed E-state index contributed by atoms with van der Waals surface area (Å²) < 4.78 is 30.5. The largest absolute Gasteiger partial charge is 0.468 e. The summed E-state index contributed by atoms with van der Waals surface area (Å²) >= 11 is 8.12. The Morgan fingerprint density at radius 3 is 2.71 bits per heavy atom. The third-order valence-corrected chi connectivity index (χ3v) is 6.75. The van der Waals surface area contributed by atoms with E-state index in [0.717, 1.165) is 33.7 Å². The molecule has 1 aromatic heterocycles. The number of carbonyl (C=O) groups is 2. The molecule has 1 atom stereocenters. The van der Waals surface area contributed by atoms with Crippen molar-refractivity contribution in [1.29, 1.82) is 0 Å². The normalized spacial score (nSPS) is 12.3. The van der Waals surface area contributed by atoms with Crippen molar-refractivity contribution in [2.45, 2.75) is 17.3 Å². The van der Waals surface area contributed by atoms with E-state index in [2.05, 4.69) is 20.3 Å². The number of methoxy groups -OCH3 is 1. The zero-order valence-corrected chi connectivity index (χ0v) is 18.3. The lowest BCUT2D eigenvalue weighted by atomic mass is 10.2. The number of halogens is 1. The Morgan fingerprint density at radius 1 is 1.39 bits per heavy atom. The standard InChI is InChI=1S/C15H17ClN4O5S3/c1-9(20(28(3,23)24)11-6-4-5-10(16)7-11)13(22)17-14-18-19-15(27-14)26-8-12(21)25-2/h4-7,9H,8H2,1-3H3,(H,17,18,22). The van der Waals surface area contributed by atoms with Gasteiger partial charge in [-0.2, -0.15) is 0 Å². The molecule has 1 amide bonds. The molecule has 0 aliphatic heterocycles. The summed E-state index contributed by atoms with van der Waals surface area (Å²) in [4.78, 5) is 23.7. The summed E-state index contributed by atoms with van der Waals surface area (Å²) in [7, 11) is -2.48. The minimum absolute atomic E-state index is 0.0616. The fourth-order valence-corrected chi connectivity index (χ4v) is 5.07. The van der Waals surface area contributed by atoms with E-state index in [9.17, 15) is 18.0 Å². The molecular weight excluding hydrogens is 448 g/mol. The summed E-state index contributed by atoms with van der Waals surface area (Å²) in [6.07, 6.45) is 1.00. The van der Waals surface area contributed by atoms with Gasteiger partial charge < -0.3 is 4.74 Å². The van der Waals surface area contributed by atoms with E-state index in [4.69, 9.17) is 11.6 Å². The Bertz CT molecular complexity index is 966. The molecular formula is C15H17ClN4O5S3. The van der Waals surface area contributed by atoms with Crippen LogP contribution < -0.4 is 9.62 Å². The van der Waals surface area contributed by atoms with Gasteiger partial charge in [-0.05, 0) is 25.1 Å². The van der Waals surface area contributed by atoms with Crippen LogP contribution in [0.1, 0.15) is 6.92 Å². The van der Waals surface area contributed by atoms with Gasteiger partial charge in [0.25, 0.3) is 0 Å². The molecule has 1 N–H and O–H groups in total. The lowest BCUT2D eigenvalue weighted by molar-refractivity contribution is -0.137. The van der Waals surface area contributed by atoms with Gasteiger partial charge in [-0.25, -0.2) is 8.42 Å². The van der Waals surface area contributed by atoms with E-state index in [1.165, 1.54) is 20.1 Å². The van der Waals surface area contributed by atoms with E-state index in [0.29, 0.717) is 9.36 Å². The average molecular weight is 465 g/mol. The van der Waals surface area contributed by atoms with Crippen molar-refractivity contribution in [2.75, 3.05) is 28.7 Å². The number of aromatic nitrogens is 2. The Balaban J connectivity index is 2.13. The minimum Gasteiger partial charge on any atom is -0.468 e. The van der Waals surface area contributed by atoms with Gasteiger partial charge in [0, 0.05) is 5.02 Å². The van der Waals surface area contributed by atoms with Crippen LogP contribution in [-0.4, -0.2) is 55.7 Å². The summed E-state index contributed by atoms with van der Waals surface area (Å²) in [5.41, 5.74) is 0.268. The number of nitrogens with zero attached hydrogens (tertiary/aromatic N) is 3. The molecule has 0 aliphatic carbocycles. The maximum absolute atomic E-state index is 12.6. The molecule has 0 fully saturated rings. The molecule has 1 aromatic carbocycles. The minimum atomic E-state index is -3.76. The molecule has 152 valence electrons. The van der Waals surface area contributed by atoms with Crippen molar-refractivity contribution >= 4 is 67.4 Å². The van der Waals surface area contributed by atoms with Crippen molar-refractivity contribution in [2.24, 2.45) is 0 Å². The Morgan fingerprint density at radius 2 is 2.11 bits per heavy atom. The quantitative estimate of drug-likeness (QED) is 0.359. The predicted molar refractivity (Wildman–Crippen MR) is 110 cm³/mol. The van der Waals surface area contributed by atoms with Gasteiger partial charge in [-0.3, -0.25) is 19.2 Å². The highest BCUT2D eigenvalue weighted by molar-refractivity contribution is 8.01. The third kappa shape index (κ3) is 6.06. The molecule has 2 aromatic rings. The molecule has 28 heavy (non-hydrogen) atoms. The molecule has 0 bridgehead atoms. The van der Waals surface area contributed by atoms with Crippen molar-refractivity contribution in [3.05, 3.63) is 29.3 Å². The molecule has 2 rings (SSSR count). The number of carbonyl (C=O) groups excluding carboxylic acids is 2. The molecule has 0 saturated heterocycles. The van der Waals surface area contributed by atoms with Crippen molar-refractivity contribution in [1.82, 2.24) is 10.2 Å². The van der Waals surface area contributed by atoms with E-state index in [-0.39, 0.29) is 16.6 Å². The van der Waals surface area contributed by atoms with Crippen molar-refractivity contribution in [3.63, 3.8) is 0 Å². The SMILES string of the molecule is COC(=O)CSc1nnc(NC(=O)C(C)N(c2cccc(Cl)c2)S(C)(=O)=O)s1. The summed E-state index contributed by atoms with van der Waals surface area (Å²) in [6, 6.07) is 5.13. The molecule has 13 heteroatoms. The number of nitrogens with one attached hydrogen (secondary N) is 1. The smallest absolute Gasteiger partial charge is 0.316 e. The van der Waals surface area contributed by atoms with Crippen molar-refractivity contribution in [3.8, 4) is 0 Å². The molecule has 1 unspecified atom stereocenters. The van der Waals surface area contributed by atoms with Gasteiger partial charge in [0.15, 0.2) is 4.34 Å². The summed E-state index contributed by atoms with van der Waals surface area (Å²) in [5, 5.41) is 10.7. The second kappa shape index (κ2) is 9.54. The zero-order valence-electron chi connectivity index (χ0n) is 15.1. The van der Waals surface area contributed by atoms with E-state index < -0.39 is 27.9 Å². The fraction of sp³-hybridized carbons (Fsp3) is 0.333. The Kier molecular flexibility index (Phi) is 7.63. The van der Waals surface area contributed by atoms with E-state index in [1.54, 1.807) is 18.2 Å². The van der Waals surface area contributed by atoms with Crippen LogP contribution in [-0.2, 0) is 24.3 Å². The second-order valence-electron chi connectivity index (χ2n) is 5.44. The number of sulfonamides is 1. The van der Waals surface area contributed by atoms with Crippen LogP contribution in [0.15, 0.2) is 28.6 Å². The van der Waals surface area contributed by atoms with Crippen LogP contribution in [0.2, 0.25) is 5.02 Å². The molecule has 1 heterocycles. The Hall–Kier alpha value is -1.89. The van der Waals surface area contributed by atoms with Gasteiger partial charge in [0.2, 0.25) is 21.1 Å². The monoisotopic (exact) mass is 464 g/mol. The van der Waals surface area contributed by atoms with E-state index >= 15 is 0 Å². The van der Waals surface area contributed by atoms with Crippen LogP contribution in [0.4, 0.5) is 10.8 Å². The van der Waals surface area contributed by atoms with Gasteiger partial charge in [-0.1, -0.05) is 40.8 Å². The van der Waals surface area contributed by atoms with Gasteiger partial charge in [0.05, 0.1) is 24.8 Å². The van der Waals surface area contributed by atoms with Gasteiger partial charge in [0.1, 0.15) is 6.04 Å². The molecule has 0 radical (unpaired) electrons. The number of anilines is 2. The zero-order chi connectivity index (χ0) is 20.9. The van der Waals surface area contributed by atoms with Crippen LogP contribution in [0.5, 0.6) is 0 Å². The third-order valence-electron chi connectivity index (χ3n) is 3.33. The van der Waals surface area contributed by atoms with Gasteiger partial charge >= 0.3 is 5.97 Å². The fourth-order valence-electron chi connectivity index (χ4n) is 2.13. The first kappa shape index (κ1) is 22.4. The molecule has 0 saturated carbocycles. The molecule has 9 nitrogen and oxygen atoms in total. The molecule has 0 aliphatic rings. The first-order chi connectivity index (χ1) is 13.1. The van der Waals surface area contributed by atoms with Crippen LogP contribution in [0.3, 0.4) is 0 Å². The topological polar surface area (TPSA) is 119 Å². The first-order valence-electron chi connectivity index (χ1n) is 7.70. The summed E-state index contributed by atoms with van der Waals surface area (Å²) in [6.45, 7) is 1.45. The van der Waals surface area contributed by atoms with Crippen molar-refractivity contribution < 1.29 is 22.7 Å². The highest BCUT2D eigenvalue weighted by Gasteiger charge is 2.30. The maximum Gasteiger partial charge on any atom is 0.316 e. The van der Waals surface area contributed by atoms with Crippen LogP contribution in [0, 0.1) is 0 Å². The Labute approximate surface area is 175 Å². The molecule has 0 spiro atoms. The number of rotatable bonds is 8. The number of amides is 1. The number of hydrogen-bond donors (Lipinski definition) is 1. The number of hydrogen-bond acceptors (Lipinski definition) is 9. The number of thioether (sulfide) groups is 1. The second-order valence-corrected chi connectivity index (χ2v) is 9.94. The number of benzene rings is 1. The highest BCUT2D eigenvalue weighted by Crippen LogP contribution is 2.27. The highest BCUT2D eigenvalue weighted by atomic mass is 35.5. The predicted octanol–water partition coefficient (Wildman–Crippen LogP) is 2.25. The van der Waals surface area contributed by atoms with Crippen LogP contribution in [0.25, 0.3) is 0 Å². The van der Waals surface area contributed by atoms with Gasteiger partial charge in [-0.15, -0.1) is 10.2 Å². The maximum atomic E-state index is 12.6. The number of ether oxygens (including phenoxy) is 1. The van der Waals surface area contributed by atoms with E-state index in [1.807, 2.05) is 0 Å². The first-order valence-corrected chi connectivity index (χ1v) is 11.7.